The second-order valence-electron chi connectivity index (χ2n) is 8.18. The van der Waals surface area contributed by atoms with Crippen LogP contribution in [0.15, 0.2) is 52.2 Å². The molecule has 1 atom stereocenters. The number of rotatable bonds is 6. The van der Waals surface area contributed by atoms with E-state index in [4.69, 9.17) is 9.47 Å². The molecule has 3 aromatic heterocycles. The van der Waals surface area contributed by atoms with E-state index < -0.39 is 0 Å². The maximum atomic E-state index is 13.2. The molecule has 9 heteroatoms. The third kappa shape index (κ3) is 4.26. The summed E-state index contributed by atoms with van der Waals surface area (Å²) in [7, 11) is 0. The van der Waals surface area contributed by atoms with Gasteiger partial charge < -0.3 is 14.8 Å². The first-order valence-corrected chi connectivity index (χ1v) is 12.5. The predicted octanol–water partition coefficient (Wildman–Crippen LogP) is 4.47. The Morgan fingerprint density at radius 2 is 2.00 bits per heavy atom. The molecule has 4 heterocycles. The highest BCUT2D eigenvalue weighted by Gasteiger charge is 2.22. The van der Waals surface area contributed by atoms with Gasteiger partial charge in [0.2, 0.25) is 5.91 Å². The summed E-state index contributed by atoms with van der Waals surface area (Å²) in [6.07, 6.45) is 1.45. The molecule has 5 rings (SSSR count). The SMILES string of the molecule is CC(C)[C@@H](NC(=O)Cn1cnc2scc(-c3cccs3)c2c1=O)c1ccc2c(c1)OCCO2. The van der Waals surface area contributed by atoms with Crippen LogP contribution in [0.25, 0.3) is 20.7 Å². The lowest BCUT2D eigenvalue weighted by atomic mass is 9.95. The summed E-state index contributed by atoms with van der Waals surface area (Å²) < 4.78 is 12.7. The van der Waals surface area contributed by atoms with Crippen molar-refractivity contribution in [1.29, 1.82) is 0 Å². The van der Waals surface area contributed by atoms with Gasteiger partial charge in [-0.25, -0.2) is 4.98 Å². The van der Waals surface area contributed by atoms with E-state index in [0.717, 1.165) is 16.0 Å². The van der Waals surface area contributed by atoms with E-state index in [1.807, 2.05) is 54.9 Å². The largest absolute Gasteiger partial charge is 0.486 e. The predicted molar refractivity (Wildman–Crippen MR) is 130 cm³/mol. The lowest BCUT2D eigenvalue weighted by Crippen LogP contribution is -2.36. The number of hydrogen-bond acceptors (Lipinski definition) is 7. The van der Waals surface area contributed by atoms with Crippen LogP contribution in [0.1, 0.15) is 25.5 Å². The number of benzene rings is 1. The van der Waals surface area contributed by atoms with Gasteiger partial charge in [0.05, 0.1) is 17.8 Å². The zero-order chi connectivity index (χ0) is 22.9. The van der Waals surface area contributed by atoms with Crippen molar-refractivity contribution < 1.29 is 14.3 Å². The Balaban J connectivity index is 1.39. The summed E-state index contributed by atoms with van der Waals surface area (Å²) in [5.41, 5.74) is 1.59. The van der Waals surface area contributed by atoms with Crippen molar-refractivity contribution in [2.45, 2.75) is 26.4 Å². The average Bonchev–Trinajstić information content (AvgIpc) is 3.49. The number of carbonyl (C=O) groups is 1. The number of fused-ring (bicyclic) bond motifs is 2. The fraction of sp³-hybridized carbons (Fsp3) is 0.292. The first-order valence-electron chi connectivity index (χ1n) is 10.7. The van der Waals surface area contributed by atoms with Gasteiger partial charge in [-0.1, -0.05) is 26.0 Å². The van der Waals surface area contributed by atoms with Gasteiger partial charge in [-0.3, -0.25) is 14.2 Å². The monoisotopic (exact) mass is 481 g/mol. The molecule has 1 amide bonds. The molecule has 0 radical (unpaired) electrons. The molecule has 0 fully saturated rings. The van der Waals surface area contributed by atoms with Crippen LogP contribution in [0.5, 0.6) is 11.5 Å². The van der Waals surface area contributed by atoms with Crippen molar-refractivity contribution in [3.05, 3.63) is 63.3 Å². The topological polar surface area (TPSA) is 82.5 Å². The quantitative estimate of drug-likeness (QED) is 0.439. The lowest BCUT2D eigenvalue weighted by molar-refractivity contribution is -0.122. The molecule has 4 aromatic rings. The molecular weight excluding hydrogens is 458 g/mol. The summed E-state index contributed by atoms with van der Waals surface area (Å²) in [4.78, 5) is 32.3. The number of thiophene rings is 2. The fourth-order valence-electron chi connectivity index (χ4n) is 3.96. The molecule has 170 valence electrons. The van der Waals surface area contributed by atoms with E-state index >= 15 is 0 Å². The van der Waals surface area contributed by atoms with E-state index in [-0.39, 0.29) is 30.0 Å². The number of ether oxygens (including phenoxy) is 2. The summed E-state index contributed by atoms with van der Waals surface area (Å²) >= 11 is 3.01. The van der Waals surface area contributed by atoms with Crippen LogP contribution in [0.3, 0.4) is 0 Å². The number of nitrogens with zero attached hydrogens (tertiary/aromatic N) is 2. The summed E-state index contributed by atoms with van der Waals surface area (Å²) in [5, 5.41) is 7.57. The van der Waals surface area contributed by atoms with Gasteiger partial charge in [-0.15, -0.1) is 22.7 Å². The van der Waals surface area contributed by atoms with Gasteiger partial charge in [0.25, 0.3) is 5.56 Å². The fourth-order valence-corrected chi connectivity index (χ4v) is 5.68. The maximum Gasteiger partial charge on any atom is 0.263 e. The molecule has 7 nitrogen and oxygen atoms in total. The molecule has 0 saturated carbocycles. The molecular formula is C24H23N3O4S2. The highest BCUT2D eigenvalue weighted by molar-refractivity contribution is 7.18. The standard InChI is InChI=1S/C24H23N3O4S2/c1-14(2)22(15-5-6-17-18(10-15)31-8-7-30-17)26-20(28)11-27-13-25-23-21(24(27)29)16(12-33-23)19-4-3-9-32-19/h3-6,9-10,12-14,22H,7-8,11H2,1-2H3,(H,26,28)/t22-/m1/s1. The van der Waals surface area contributed by atoms with Gasteiger partial charge in [0, 0.05) is 15.8 Å². The van der Waals surface area contributed by atoms with E-state index in [1.165, 1.54) is 22.2 Å². The van der Waals surface area contributed by atoms with Crippen LogP contribution in [-0.2, 0) is 11.3 Å². The van der Waals surface area contributed by atoms with Crippen molar-refractivity contribution in [1.82, 2.24) is 14.9 Å². The Morgan fingerprint density at radius 1 is 1.18 bits per heavy atom. The molecule has 0 saturated heterocycles. The Labute approximate surface area is 198 Å². The van der Waals surface area contributed by atoms with Crippen LogP contribution in [0.2, 0.25) is 0 Å². The Bertz CT molecular complexity index is 1360. The second kappa shape index (κ2) is 8.99. The van der Waals surface area contributed by atoms with E-state index in [0.29, 0.717) is 34.9 Å². The normalized spacial score (nSPS) is 13.9. The molecule has 0 spiro atoms. The number of carbonyl (C=O) groups excluding carboxylic acids is 1. The van der Waals surface area contributed by atoms with Crippen molar-refractivity contribution >= 4 is 38.8 Å². The summed E-state index contributed by atoms with van der Waals surface area (Å²) in [6, 6.07) is 9.43. The van der Waals surface area contributed by atoms with E-state index in [9.17, 15) is 9.59 Å². The van der Waals surface area contributed by atoms with Gasteiger partial charge >= 0.3 is 0 Å². The van der Waals surface area contributed by atoms with Crippen LogP contribution in [0, 0.1) is 5.92 Å². The van der Waals surface area contributed by atoms with Gasteiger partial charge in [-0.2, -0.15) is 0 Å². The first kappa shape index (κ1) is 21.7. The second-order valence-corrected chi connectivity index (χ2v) is 9.98. The molecule has 0 aliphatic carbocycles. The first-order chi connectivity index (χ1) is 16.0. The number of aromatic nitrogens is 2. The minimum atomic E-state index is -0.250. The highest BCUT2D eigenvalue weighted by atomic mass is 32.1. The van der Waals surface area contributed by atoms with Crippen LogP contribution in [-0.4, -0.2) is 28.7 Å². The minimum Gasteiger partial charge on any atom is -0.486 e. The van der Waals surface area contributed by atoms with Crippen molar-refractivity contribution in [3.63, 3.8) is 0 Å². The van der Waals surface area contributed by atoms with E-state index in [1.54, 1.807) is 11.3 Å². The van der Waals surface area contributed by atoms with E-state index in [2.05, 4.69) is 10.3 Å². The summed E-state index contributed by atoms with van der Waals surface area (Å²) in [6.45, 7) is 5.02. The smallest absolute Gasteiger partial charge is 0.263 e. The Hall–Kier alpha value is -3.17. The van der Waals surface area contributed by atoms with Gasteiger partial charge in [0.15, 0.2) is 11.5 Å². The zero-order valence-electron chi connectivity index (χ0n) is 18.2. The van der Waals surface area contributed by atoms with Gasteiger partial charge in [0.1, 0.15) is 24.6 Å². The maximum absolute atomic E-state index is 13.2. The lowest BCUT2D eigenvalue weighted by Gasteiger charge is -2.25. The number of amides is 1. The van der Waals surface area contributed by atoms with Crippen LogP contribution >= 0.6 is 22.7 Å². The minimum absolute atomic E-state index is 0.102. The van der Waals surface area contributed by atoms with Gasteiger partial charge in [-0.05, 0) is 35.1 Å². The Kier molecular flexibility index (Phi) is 5.90. The van der Waals surface area contributed by atoms with Crippen molar-refractivity contribution in [2.24, 2.45) is 5.92 Å². The molecule has 1 aliphatic rings. The molecule has 0 unspecified atom stereocenters. The third-order valence-corrected chi connectivity index (χ3v) is 7.36. The molecule has 0 bridgehead atoms. The molecule has 33 heavy (non-hydrogen) atoms. The number of hydrogen-bond donors (Lipinski definition) is 1. The average molecular weight is 482 g/mol. The van der Waals surface area contributed by atoms with Crippen LogP contribution < -0.4 is 20.3 Å². The van der Waals surface area contributed by atoms with Crippen molar-refractivity contribution in [2.75, 3.05) is 13.2 Å². The number of nitrogens with one attached hydrogen (secondary N) is 1. The molecule has 1 aromatic carbocycles. The Morgan fingerprint density at radius 3 is 2.76 bits per heavy atom. The van der Waals surface area contributed by atoms with Crippen LogP contribution in [0.4, 0.5) is 0 Å². The zero-order valence-corrected chi connectivity index (χ0v) is 19.9. The highest BCUT2D eigenvalue weighted by Crippen LogP contribution is 2.35. The molecule has 1 N–H and O–H groups in total. The third-order valence-electron chi connectivity index (χ3n) is 5.57. The summed E-state index contributed by atoms with van der Waals surface area (Å²) in [5.74, 6) is 1.28. The van der Waals surface area contributed by atoms with Crippen molar-refractivity contribution in [3.8, 4) is 21.9 Å². The molecule has 1 aliphatic heterocycles.